The number of imidazole rings is 1. The fraction of sp³-hybridized carbons (Fsp3) is 0.321. The molecule has 0 aliphatic carbocycles. The van der Waals surface area contributed by atoms with Gasteiger partial charge in [0.1, 0.15) is 29.8 Å². The van der Waals surface area contributed by atoms with E-state index in [0.29, 0.717) is 6.67 Å². The lowest BCUT2D eigenvalue weighted by atomic mass is 9.86. The van der Waals surface area contributed by atoms with E-state index in [-0.39, 0.29) is 16.2 Å². The summed E-state index contributed by atoms with van der Waals surface area (Å²) in [5.41, 5.74) is 12.8. The van der Waals surface area contributed by atoms with Crippen LogP contribution in [0.3, 0.4) is 0 Å². The molecule has 8 aromatic rings. The Labute approximate surface area is 354 Å². The molecule has 7 heteroatoms. The van der Waals surface area contributed by atoms with Crippen LogP contribution >= 0.6 is 0 Å². The minimum Gasteiger partial charge on any atom is -0.457 e. The van der Waals surface area contributed by atoms with Crippen LogP contribution in [0.15, 0.2) is 115 Å². The van der Waals surface area contributed by atoms with E-state index in [0.717, 1.165) is 58.2 Å². The average Bonchev–Trinajstić information content (AvgIpc) is 3.88. The van der Waals surface area contributed by atoms with E-state index in [1.165, 1.54) is 63.0 Å². The van der Waals surface area contributed by atoms with Gasteiger partial charge in [0.25, 0.3) is 0 Å². The normalized spacial score (nSPS) is 14.7. The third kappa shape index (κ3) is 6.59. The first-order chi connectivity index (χ1) is 28.6. The van der Waals surface area contributed by atoms with Gasteiger partial charge in [0.15, 0.2) is 0 Å². The molecule has 3 aromatic heterocycles. The molecule has 0 bridgehead atoms. The second kappa shape index (κ2) is 13.7. The Kier molecular flexibility index (Phi) is 8.73. The Morgan fingerprint density at radius 2 is 1.27 bits per heavy atom. The number of hydrogen-bond acceptors (Lipinski definition) is 5. The molecule has 10 rings (SSSR count). The van der Waals surface area contributed by atoms with Crippen molar-refractivity contribution >= 4 is 55.6 Å². The van der Waals surface area contributed by atoms with E-state index >= 15 is 0 Å². The SMILES string of the molecule is CC(C)(C)c1ccc(N2CN(c3cc(Oc4ccc5c6ccccc6n(-c6cc(C(C)(C)C)ccn6)c5c4)cc(C(C)(C)C)c3)c3cc4nc5n(c4cc32)CCCC5)cc1. The Hall–Kier alpha value is -6.08. The lowest BCUT2D eigenvalue weighted by Crippen LogP contribution is -2.24. The minimum absolute atomic E-state index is 0.00560. The van der Waals surface area contributed by atoms with E-state index in [1.807, 2.05) is 6.20 Å². The third-order valence-corrected chi connectivity index (χ3v) is 12.7. The summed E-state index contributed by atoms with van der Waals surface area (Å²) in [5, 5.41) is 2.36. The van der Waals surface area contributed by atoms with Crippen molar-refractivity contribution in [3.8, 4) is 17.3 Å². The van der Waals surface area contributed by atoms with Crippen molar-refractivity contribution in [2.24, 2.45) is 0 Å². The number of fused-ring (bicyclic) bond motifs is 7. The second-order valence-corrected chi connectivity index (χ2v) is 20.0. The number of aromatic nitrogens is 4. The highest BCUT2D eigenvalue weighted by atomic mass is 16.5. The summed E-state index contributed by atoms with van der Waals surface area (Å²) in [6, 6.07) is 40.0. The zero-order valence-corrected chi connectivity index (χ0v) is 36.6. The molecule has 304 valence electrons. The minimum atomic E-state index is -0.119. The third-order valence-electron chi connectivity index (χ3n) is 12.7. The predicted molar refractivity (Wildman–Crippen MR) is 249 cm³/mol. The molecule has 0 fully saturated rings. The van der Waals surface area contributed by atoms with E-state index in [1.54, 1.807) is 0 Å². The number of benzene rings is 5. The molecular formula is C53H56N6O. The molecule has 7 nitrogen and oxygen atoms in total. The van der Waals surface area contributed by atoms with Gasteiger partial charge in [0, 0.05) is 53.4 Å². The Balaban J connectivity index is 1.09. The lowest BCUT2D eigenvalue weighted by Gasteiger charge is -2.26. The number of ether oxygens (including phenoxy) is 1. The van der Waals surface area contributed by atoms with Gasteiger partial charge in [-0.3, -0.25) is 4.57 Å². The Morgan fingerprint density at radius 1 is 0.550 bits per heavy atom. The standard InChI is InChI=1S/C53H56N6O/c1-51(2,3)34-17-19-37(20-18-34)57-33-58(47-31-43-46(32-48(47)57)56-25-13-12-16-49(56)55-43)38-26-36(53(7,8)9)27-40(29-38)60-39-21-22-42-41-14-10-11-15-44(41)59(45(42)30-39)50-28-35(23-24-54-50)52(4,5)6/h10-11,14-15,17-24,26-32H,12-13,16,25,33H2,1-9H3. The maximum absolute atomic E-state index is 6.97. The lowest BCUT2D eigenvalue weighted by molar-refractivity contribution is 0.479. The van der Waals surface area contributed by atoms with E-state index in [9.17, 15) is 0 Å². The molecule has 0 atom stereocenters. The quantitative estimate of drug-likeness (QED) is 0.174. The van der Waals surface area contributed by atoms with Gasteiger partial charge in [-0.25, -0.2) is 9.97 Å². The van der Waals surface area contributed by atoms with Gasteiger partial charge in [-0.2, -0.15) is 0 Å². The van der Waals surface area contributed by atoms with Gasteiger partial charge in [-0.15, -0.1) is 0 Å². The van der Waals surface area contributed by atoms with E-state index < -0.39 is 0 Å². The number of hydrogen-bond donors (Lipinski definition) is 0. The molecule has 5 aromatic carbocycles. The largest absolute Gasteiger partial charge is 0.457 e. The predicted octanol–water partition coefficient (Wildman–Crippen LogP) is 13.8. The van der Waals surface area contributed by atoms with Crippen LogP contribution in [0.5, 0.6) is 11.5 Å². The fourth-order valence-corrected chi connectivity index (χ4v) is 9.14. The molecule has 0 radical (unpaired) electrons. The zero-order chi connectivity index (χ0) is 41.7. The first-order valence-corrected chi connectivity index (χ1v) is 21.6. The number of aryl methyl sites for hydroxylation is 2. The van der Waals surface area contributed by atoms with Gasteiger partial charge in [0.2, 0.25) is 0 Å². The monoisotopic (exact) mass is 792 g/mol. The van der Waals surface area contributed by atoms with Gasteiger partial charge in [-0.05, 0) is 113 Å². The smallest absolute Gasteiger partial charge is 0.137 e. The molecule has 0 amide bonds. The molecule has 5 heterocycles. The highest BCUT2D eigenvalue weighted by Crippen LogP contribution is 2.48. The topological polar surface area (TPSA) is 51.4 Å². The number of pyridine rings is 1. The van der Waals surface area contributed by atoms with Crippen molar-refractivity contribution in [1.29, 1.82) is 0 Å². The molecule has 0 spiro atoms. The van der Waals surface area contributed by atoms with Crippen molar-refractivity contribution in [3.63, 3.8) is 0 Å². The molecule has 0 N–H and O–H groups in total. The van der Waals surface area contributed by atoms with Crippen LogP contribution in [0.25, 0.3) is 38.7 Å². The van der Waals surface area contributed by atoms with Gasteiger partial charge in [0.05, 0.1) is 33.4 Å². The summed E-state index contributed by atoms with van der Waals surface area (Å²) in [5.74, 6) is 3.69. The molecule has 60 heavy (non-hydrogen) atoms. The van der Waals surface area contributed by atoms with Crippen LogP contribution in [0.2, 0.25) is 0 Å². The zero-order valence-electron chi connectivity index (χ0n) is 36.6. The molecule has 0 unspecified atom stereocenters. The Morgan fingerprint density at radius 3 is 2.03 bits per heavy atom. The highest BCUT2D eigenvalue weighted by molar-refractivity contribution is 6.09. The van der Waals surface area contributed by atoms with Gasteiger partial charge in [-0.1, -0.05) is 92.6 Å². The van der Waals surface area contributed by atoms with Crippen LogP contribution in [0, 0.1) is 0 Å². The first-order valence-electron chi connectivity index (χ1n) is 21.6. The summed E-state index contributed by atoms with van der Waals surface area (Å²) in [6.07, 6.45) is 5.35. The van der Waals surface area contributed by atoms with Crippen molar-refractivity contribution in [3.05, 3.63) is 138 Å². The number of anilines is 4. The van der Waals surface area contributed by atoms with Crippen LogP contribution in [-0.2, 0) is 29.2 Å². The summed E-state index contributed by atoms with van der Waals surface area (Å²) >= 11 is 0. The van der Waals surface area contributed by atoms with Crippen molar-refractivity contribution in [2.75, 3.05) is 16.5 Å². The molecular weight excluding hydrogens is 737 g/mol. The summed E-state index contributed by atoms with van der Waals surface area (Å²) in [4.78, 5) is 15.0. The second-order valence-electron chi connectivity index (χ2n) is 20.0. The van der Waals surface area contributed by atoms with Crippen LogP contribution in [0.1, 0.15) is 97.7 Å². The van der Waals surface area contributed by atoms with Gasteiger partial charge >= 0.3 is 0 Å². The van der Waals surface area contributed by atoms with Crippen molar-refractivity contribution < 1.29 is 4.74 Å². The van der Waals surface area contributed by atoms with E-state index in [2.05, 4.69) is 190 Å². The first kappa shape index (κ1) is 38.1. The van der Waals surface area contributed by atoms with Crippen LogP contribution < -0.4 is 14.5 Å². The van der Waals surface area contributed by atoms with Crippen LogP contribution in [0.4, 0.5) is 22.7 Å². The maximum atomic E-state index is 6.97. The van der Waals surface area contributed by atoms with E-state index in [4.69, 9.17) is 14.7 Å². The number of nitrogens with zero attached hydrogens (tertiary/aromatic N) is 6. The number of rotatable bonds is 5. The molecule has 0 saturated heterocycles. The molecule has 2 aliphatic heterocycles. The Bertz CT molecular complexity index is 2950. The highest BCUT2D eigenvalue weighted by Gasteiger charge is 2.32. The van der Waals surface area contributed by atoms with Crippen molar-refractivity contribution in [2.45, 2.75) is 104 Å². The summed E-state index contributed by atoms with van der Waals surface area (Å²) in [7, 11) is 0. The van der Waals surface area contributed by atoms with Crippen LogP contribution in [-0.4, -0.2) is 25.8 Å². The molecule has 0 saturated carbocycles. The average molecular weight is 793 g/mol. The number of para-hydroxylation sites is 1. The fourth-order valence-electron chi connectivity index (χ4n) is 9.14. The summed E-state index contributed by atoms with van der Waals surface area (Å²) < 4.78 is 11.7. The van der Waals surface area contributed by atoms with Gasteiger partial charge < -0.3 is 19.1 Å². The van der Waals surface area contributed by atoms with Crippen molar-refractivity contribution in [1.82, 2.24) is 19.1 Å². The summed E-state index contributed by atoms with van der Waals surface area (Å²) in [6.45, 7) is 22.1. The maximum Gasteiger partial charge on any atom is 0.137 e. The molecule has 2 aliphatic rings.